The standard InChI is InChI=1S/C13H16BrN3S/c1-8(2)7-17-12(15-16-13(17)18)10-5-4-9(3)11(14)6-10/h4-6,8H,7H2,1-3H3,(H,16,18). The fraction of sp³-hybridized carbons (Fsp3) is 0.385. The molecule has 0 aliphatic heterocycles. The van der Waals surface area contributed by atoms with Crippen molar-refractivity contribution in [2.24, 2.45) is 5.92 Å². The Morgan fingerprint density at radius 1 is 1.44 bits per heavy atom. The molecule has 0 fully saturated rings. The Labute approximate surface area is 120 Å². The van der Waals surface area contributed by atoms with Gasteiger partial charge < -0.3 is 0 Å². The van der Waals surface area contributed by atoms with Gasteiger partial charge in [-0.3, -0.25) is 9.67 Å². The number of H-pyrrole nitrogens is 1. The fourth-order valence-corrected chi connectivity index (χ4v) is 2.39. The molecule has 0 saturated heterocycles. The minimum absolute atomic E-state index is 0.530. The number of nitrogens with zero attached hydrogens (tertiary/aromatic N) is 2. The summed E-state index contributed by atoms with van der Waals surface area (Å²) in [6.45, 7) is 7.28. The van der Waals surface area contributed by atoms with Gasteiger partial charge in [0.25, 0.3) is 0 Å². The lowest BCUT2D eigenvalue weighted by Gasteiger charge is -2.10. The molecule has 0 aliphatic rings. The Morgan fingerprint density at radius 2 is 2.17 bits per heavy atom. The molecule has 0 atom stereocenters. The average Bonchev–Trinajstić information content (AvgIpc) is 2.64. The second kappa shape index (κ2) is 5.36. The Morgan fingerprint density at radius 3 is 2.78 bits per heavy atom. The van der Waals surface area contributed by atoms with Crippen molar-refractivity contribution in [1.29, 1.82) is 0 Å². The number of nitrogens with one attached hydrogen (secondary N) is 1. The number of aromatic nitrogens is 3. The highest BCUT2D eigenvalue weighted by atomic mass is 79.9. The van der Waals surface area contributed by atoms with Crippen molar-refractivity contribution in [2.45, 2.75) is 27.3 Å². The zero-order valence-corrected chi connectivity index (χ0v) is 13.1. The monoisotopic (exact) mass is 325 g/mol. The number of halogens is 1. The first-order valence-electron chi connectivity index (χ1n) is 5.90. The number of aromatic amines is 1. The van der Waals surface area contributed by atoms with E-state index in [0.29, 0.717) is 10.7 Å². The average molecular weight is 326 g/mol. The lowest BCUT2D eigenvalue weighted by Crippen LogP contribution is -2.06. The van der Waals surface area contributed by atoms with E-state index >= 15 is 0 Å². The van der Waals surface area contributed by atoms with Crippen molar-refractivity contribution < 1.29 is 0 Å². The summed E-state index contributed by atoms with van der Waals surface area (Å²) in [7, 11) is 0. The van der Waals surface area contributed by atoms with Gasteiger partial charge in [-0.1, -0.05) is 41.9 Å². The quantitative estimate of drug-likeness (QED) is 0.852. The largest absolute Gasteiger partial charge is 0.300 e. The Kier molecular flexibility index (Phi) is 4.02. The van der Waals surface area contributed by atoms with Crippen LogP contribution in [0.3, 0.4) is 0 Å². The van der Waals surface area contributed by atoms with E-state index in [1.165, 1.54) is 5.56 Å². The summed E-state index contributed by atoms with van der Waals surface area (Å²) < 4.78 is 3.82. The van der Waals surface area contributed by atoms with Crippen LogP contribution in [-0.4, -0.2) is 14.8 Å². The number of benzene rings is 1. The highest BCUT2D eigenvalue weighted by Gasteiger charge is 2.10. The van der Waals surface area contributed by atoms with Crippen molar-refractivity contribution in [3.63, 3.8) is 0 Å². The van der Waals surface area contributed by atoms with Crippen molar-refractivity contribution in [3.8, 4) is 11.4 Å². The summed E-state index contributed by atoms with van der Waals surface area (Å²) in [4.78, 5) is 0. The van der Waals surface area contributed by atoms with Gasteiger partial charge in [0, 0.05) is 16.6 Å². The first-order chi connectivity index (χ1) is 8.49. The molecule has 1 aromatic heterocycles. The molecular weight excluding hydrogens is 310 g/mol. The third-order valence-electron chi connectivity index (χ3n) is 2.74. The minimum atomic E-state index is 0.530. The zero-order valence-electron chi connectivity index (χ0n) is 10.7. The van der Waals surface area contributed by atoms with E-state index in [2.05, 4.69) is 69.7 Å². The molecule has 96 valence electrons. The van der Waals surface area contributed by atoms with E-state index in [1.807, 2.05) is 0 Å². The summed E-state index contributed by atoms with van der Waals surface area (Å²) in [5.41, 5.74) is 2.28. The Bertz CT molecular complexity index is 613. The maximum absolute atomic E-state index is 5.28. The number of rotatable bonds is 3. The summed E-state index contributed by atoms with van der Waals surface area (Å²) in [5.74, 6) is 1.43. The van der Waals surface area contributed by atoms with Crippen LogP contribution in [0, 0.1) is 17.6 Å². The molecule has 0 radical (unpaired) electrons. The first-order valence-corrected chi connectivity index (χ1v) is 7.11. The lowest BCUT2D eigenvalue weighted by atomic mass is 10.1. The molecule has 0 aliphatic carbocycles. The number of hydrogen-bond acceptors (Lipinski definition) is 2. The number of hydrogen-bond donors (Lipinski definition) is 1. The minimum Gasteiger partial charge on any atom is -0.300 e. The third kappa shape index (κ3) is 2.72. The van der Waals surface area contributed by atoms with E-state index in [4.69, 9.17) is 12.2 Å². The van der Waals surface area contributed by atoms with E-state index in [0.717, 1.165) is 22.4 Å². The fourth-order valence-electron chi connectivity index (χ4n) is 1.80. The van der Waals surface area contributed by atoms with Crippen LogP contribution in [-0.2, 0) is 6.54 Å². The topological polar surface area (TPSA) is 33.6 Å². The molecule has 2 rings (SSSR count). The van der Waals surface area contributed by atoms with Gasteiger partial charge in [0.1, 0.15) is 0 Å². The van der Waals surface area contributed by atoms with Crippen molar-refractivity contribution in [3.05, 3.63) is 33.0 Å². The van der Waals surface area contributed by atoms with E-state index < -0.39 is 0 Å². The van der Waals surface area contributed by atoms with Crippen LogP contribution in [0.2, 0.25) is 0 Å². The lowest BCUT2D eigenvalue weighted by molar-refractivity contribution is 0.521. The van der Waals surface area contributed by atoms with E-state index in [-0.39, 0.29) is 0 Å². The SMILES string of the molecule is Cc1ccc(-c2n[nH]c(=S)n2CC(C)C)cc1Br. The Hall–Kier alpha value is -0.940. The van der Waals surface area contributed by atoms with Crippen molar-refractivity contribution >= 4 is 28.1 Å². The molecule has 0 spiro atoms. The highest BCUT2D eigenvalue weighted by molar-refractivity contribution is 9.10. The Balaban J connectivity index is 2.50. The maximum Gasteiger partial charge on any atom is 0.195 e. The van der Waals surface area contributed by atoms with Gasteiger partial charge in [-0.15, -0.1) is 0 Å². The molecule has 3 nitrogen and oxygen atoms in total. The summed E-state index contributed by atoms with van der Waals surface area (Å²) in [5, 5.41) is 7.21. The van der Waals surface area contributed by atoms with Gasteiger partial charge in [0.15, 0.2) is 10.6 Å². The molecule has 1 aromatic carbocycles. The van der Waals surface area contributed by atoms with Crippen molar-refractivity contribution in [1.82, 2.24) is 14.8 Å². The summed E-state index contributed by atoms with van der Waals surface area (Å²) in [6.07, 6.45) is 0. The highest BCUT2D eigenvalue weighted by Crippen LogP contribution is 2.24. The van der Waals surface area contributed by atoms with Crippen LogP contribution in [0.25, 0.3) is 11.4 Å². The molecule has 0 unspecified atom stereocenters. The number of aryl methyl sites for hydroxylation is 1. The van der Waals surface area contributed by atoms with Gasteiger partial charge in [0.05, 0.1) is 0 Å². The molecule has 0 amide bonds. The maximum atomic E-state index is 5.28. The molecular formula is C13H16BrN3S. The van der Waals surface area contributed by atoms with Gasteiger partial charge >= 0.3 is 0 Å². The molecule has 18 heavy (non-hydrogen) atoms. The second-order valence-electron chi connectivity index (χ2n) is 4.82. The van der Waals surface area contributed by atoms with Crippen LogP contribution in [0.15, 0.2) is 22.7 Å². The smallest absolute Gasteiger partial charge is 0.195 e. The normalized spacial score (nSPS) is 11.2. The third-order valence-corrected chi connectivity index (χ3v) is 3.90. The van der Waals surface area contributed by atoms with Crippen LogP contribution >= 0.6 is 28.1 Å². The van der Waals surface area contributed by atoms with Crippen LogP contribution < -0.4 is 0 Å². The molecule has 0 bridgehead atoms. The molecule has 1 N–H and O–H groups in total. The molecule has 0 saturated carbocycles. The van der Waals surface area contributed by atoms with Crippen molar-refractivity contribution in [2.75, 3.05) is 0 Å². The van der Waals surface area contributed by atoms with Gasteiger partial charge in [0.2, 0.25) is 0 Å². The van der Waals surface area contributed by atoms with Gasteiger partial charge in [-0.2, -0.15) is 5.10 Å². The first kappa shape index (κ1) is 13.5. The van der Waals surface area contributed by atoms with Gasteiger partial charge in [-0.25, -0.2) is 0 Å². The molecule has 5 heteroatoms. The van der Waals surface area contributed by atoms with Crippen LogP contribution in [0.4, 0.5) is 0 Å². The zero-order chi connectivity index (χ0) is 13.3. The van der Waals surface area contributed by atoms with Crippen LogP contribution in [0.1, 0.15) is 19.4 Å². The predicted molar refractivity (Wildman–Crippen MR) is 80.1 cm³/mol. The van der Waals surface area contributed by atoms with Crippen LogP contribution in [0.5, 0.6) is 0 Å². The molecule has 2 aromatic rings. The van der Waals surface area contributed by atoms with E-state index in [9.17, 15) is 0 Å². The predicted octanol–water partition coefficient (Wildman–Crippen LogP) is 4.33. The summed E-state index contributed by atoms with van der Waals surface area (Å²) in [6, 6.07) is 6.23. The van der Waals surface area contributed by atoms with E-state index in [1.54, 1.807) is 0 Å². The van der Waals surface area contributed by atoms with Gasteiger partial charge in [-0.05, 0) is 36.7 Å². The summed E-state index contributed by atoms with van der Waals surface area (Å²) >= 11 is 8.84. The second-order valence-corrected chi connectivity index (χ2v) is 6.06. The molecule has 1 heterocycles.